The van der Waals surface area contributed by atoms with Crippen molar-refractivity contribution >= 4 is 5.91 Å². The molecule has 114 valence electrons. The number of hydrogen-bond donors (Lipinski definition) is 2. The molecule has 0 aromatic heterocycles. The van der Waals surface area contributed by atoms with E-state index in [0.717, 1.165) is 38.4 Å². The van der Waals surface area contributed by atoms with E-state index in [-0.39, 0.29) is 17.2 Å². The number of halogens is 2. The maximum absolute atomic E-state index is 13.7. The number of piperidine rings is 1. The van der Waals surface area contributed by atoms with Crippen LogP contribution in [0.5, 0.6) is 0 Å². The molecular weight excluding hydrogens is 274 g/mol. The molecule has 0 bridgehead atoms. The Kier molecular flexibility index (Phi) is 3.69. The zero-order valence-corrected chi connectivity index (χ0v) is 12.1. The van der Waals surface area contributed by atoms with Crippen LogP contribution in [-0.4, -0.2) is 19.0 Å². The van der Waals surface area contributed by atoms with E-state index < -0.39 is 17.7 Å². The van der Waals surface area contributed by atoms with Gasteiger partial charge in [-0.2, -0.15) is 0 Å². The smallest absolute Gasteiger partial charge is 0.224 e. The number of amides is 1. The SMILES string of the molecule is C[C@@H](NC(=O)C1CC12CCNCC2)c1ccc(F)cc1F. The topological polar surface area (TPSA) is 41.1 Å². The molecule has 1 aliphatic heterocycles. The van der Waals surface area contributed by atoms with Gasteiger partial charge in [0.25, 0.3) is 0 Å². The average molecular weight is 294 g/mol. The summed E-state index contributed by atoms with van der Waals surface area (Å²) in [7, 11) is 0. The lowest BCUT2D eigenvalue weighted by atomic mass is 9.91. The van der Waals surface area contributed by atoms with Crippen molar-refractivity contribution in [3.05, 3.63) is 35.4 Å². The minimum absolute atomic E-state index is 0.00637. The predicted molar refractivity (Wildman–Crippen MR) is 75.6 cm³/mol. The molecule has 1 aromatic rings. The molecule has 2 aliphatic rings. The maximum atomic E-state index is 13.7. The molecule has 1 heterocycles. The van der Waals surface area contributed by atoms with E-state index in [4.69, 9.17) is 0 Å². The second-order valence-corrected chi connectivity index (χ2v) is 6.27. The first kappa shape index (κ1) is 14.4. The van der Waals surface area contributed by atoms with E-state index in [9.17, 15) is 13.6 Å². The second-order valence-electron chi connectivity index (χ2n) is 6.27. The van der Waals surface area contributed by atoms with Crippen LogP contribution < -0.4 is 10.6 Å². The van der Waals surface area contributed by atoms with Crippen LogP contribution in [0, 0.1) is 23.0 Å². The Balaban J connectivity index is 1.62. The third-order valence-electron chi connectivity index (χ3n) is 4.89. The first-order valence-electron chi connectivity index (χ1n) is 7.48. The average Bonchev–Trinajstić information content (AvgIpc) is 3.13. The summed E-state index contributed by atoms with van der Waals surface area (Å²) < 4.78 is 26.6. The molecule has 2 atom stereocenters. The van der Waals surface area contributed by atoms with Gasteiger partial charge in [-0.25, -0.2) is 8.78 Å². The number of rotatable bonds is 3. The van der Waals surface area contributed by atoms with Crippen LogP contribution in [0.2, 0.25) is 0 Å². The summed E-state index contributed by atoms with van der Waals surface area (Å²) in [6.45, 7) is 3.66. The Morgan fingerprint density at radius 1 is 1.38 bits per heavy atom. The van der Waals surface area contributed by atoms with Crippen molar-refractivity contribution in [3.63, 3.8) is 0 Å². The highest BCUT2D eigenvalue weighted by Gasteiger charge is 2.57. The van der Waals surface area contributed by atoms with Gasteiger partial charge in [0.05, 0.1) is 6.04 Å². The second kappa shape index (κ2) is 5.37. The van der Waals surface area contributed by atoms with E-state index in [0.29, 0.717) is 5.56 Å². The van der Waals surface area contributed by atoms with Gasteiger partial charge in [0.15, 0.2) is 0 Å². The van der Waals surface area contributed by atoms with Crippen molar-refractivity contribution in [2.24, 2.45) is 11.3 Å². The molecule has 2 N–H and O–H groups in total. The molecule has 1 saturated carbocycles. The Morgan fingerprint density at radius 2 is 2.10 bits per heavy atom. The van der Waals surface area contributed by atoms with E-state index in [1.165, 1.54) is 12.1 Å². The highest BCUT2D eigenvalue weighted by Crippen LogP contribution is 2.58. The van der Waals surface area contributed by atoms with Gasteiger partial charge in [-0.05, 0) is 50.8 Å². The Morgan fingerprint density at radius 3 is 2.76 bits per heavy atom. The third kappa shape index (κ3) is 2.79. The molecule has 5 heteroatoms. The number of nitrogens with one attached hydrogen (secondary N) is 2. The zero-order valence-electron chi connectivity index (χ0n) is 12.1. The minimum Gasteiger partial charge on any atom is -0.349 e. The molecule has 2 fully saturated rings. The molecule has 1 aliphatic carbocycles. The molecule has 1 spiro atoms. The van der Waals surface area contributed by atoms with Gasteiger partial charge in [0, 0.05) is 17.5 Å². The first-order chi connectivity index (χ1) is 10.0. The highest BCUT2D eigenvalue weighted by atomic mass is 19.1. The zero-order chi connectivity index (χ0) is 15.0. The Labute approximate surface area is 123 Å². The number of carbonyl (C=O) groups excluding carboxylic acids is 1. The molecule has 1 amide bonds. The Hall–Kier alpha value is -1.49. The van der Waals surface area contributed by atoms with Crippen LogP contribution in [0.1, 0.15) is 37.8 Å². The van der Waals surface area contributed by atoms with Crippen molar-refractivity contribution in [1.82, 2.24) is 10.6 Å². The molecule has 1 aromatic carbocycles. The van der Waals surface area contributed by atoms with Crippen LogP contribution in [0.15, 0.2) is 18.2 Å². The summed E-state index contributed by atoms with van der Waals surface area (Å²) in [6, 6.07) is 3.01. The lowest BCUT2D eigenvalue weighted by Gasteiger charge is -2.24. The van der Waals surface area contributed by atoms with Crippen LogP contribution in [0.25, 0.3) is 0 Å². The molecule has 1 unspecified atom stereocenters. The van der Waals surface area contributed by atoms with Crippen molar-refractivity contribution in [3.8, 4) is 0 Å². The van der Waals surface area contributed by atoms with Crippen molar-refractivity contribution in [1.29, 1.82) is 0 Å². The van der Waals surface area contributed by atoms with Crippen LogP contribution in [0.4, 0.5) is 8.78 Å². The predicted octanol–water partition coefficient (Wildman–Crippen LogP) is 2.53. The van der Waals surface area contributed by atoms with E-state index >= 15 is 0 Å². The van der Waals surface area contributed by atoms with Gasteiger partial charge in [-0.3, -0.25) is 4.79 Å². The maximum Gasteiger partial charge on any atom is 0.224 e. The lowest BCUT2D eigenvalue weighted by Crippen LogP contribution is -2.34. The highest BCUT2D eigenvalue weighted by molar-refractivity contribution is 5.83. The largest absolute Gasteiger partial charge is 0.349 e. The van der Waals surface area contributed by atoms with Crippen LogP contribution in [0.3, 0.4) is 0 Å². The summed E-state index contributed by atoms with van der Waals surface area (Å²) in [5.41, 5.74) is 0.487. The monoisotopic (exact) mass is 294 g/mol. The summed E-state index contributed by atoms with van der Waals surface area (Å²) in [5.74, 6) is -1.18. The summed E-state index contributed by atoms with van der Waals surface area (Å²) in [4.78, 5) is 12.3. The summed E-state index contributed by atoms with van der Waals surface area (Å²) in [5, 5.41) is 6.17. The third-order valence-corrected chi connectivity index (χ3v) is 4.89. The molecule has 3 nitrogen and oxygen atoms in total. The van der Waals surface area contributed by atoms with Gasteiger partial charge in [-0.15, -0.1) is 0 Å². The number of carbonyl (C=O) groups is 1. The minimum atomic E-state index is -0.616. The fraction of sp³-hybridized carbons (Fsp3) is 0.562. The molecular formula is C16H20F2N2O. The van der Waals surface area contributed by atoms with Crippen LogP contribution in [-0.2, 0) is 4.79 Å². The normalized spacial score (nSPS) is 24.6. The van der Waals surface area contributed by atoms with Crippen molar-refractivity contribution in [2.75, 3.05) is 13.1 Å². The Bertz CT molecular complexity index is 555. The van der Waals surface area contributed by atoms with Gasteiger partial charge in [0.2, 0.25) is 5.91 Å². The van der Waals surface area contributed by atoms with Crippen molar-refractivity contribution < 1.29 is 13.6 Å². The fourth-order valence-corrected chi connectivity index (χ4v) is 3.44. The van der Waals surface area contributed by atoms with Crippen molar-refractivity contribution in [2.45, 2.75) is 32.2 Å². The number of hydrogen-bond acceptors (Lipinski definition) is 2. The number of benzene rings is 1. The quantitative estimate of drug-likeness (QED) is 0.899. The standard InChI is InChI=1S/C16H20F2N2O/c1-10(12-3-2-11(17)8-14(12)18)20-15(21)13-9-16(13)4-6-19-7-5-16/h2-3,8,10,13,19H,4-7,9H2,1H3,(H,20,21)/t10-,13?/m1/s1. The summed E-state index contributed by atoms with van der Waals surface area (Å²) >= 11 is 0. The molecule has 21 heavy (non-hydrogen) atoms. The van der Waals surface area contributed by atoms with Gasteiger partial charge in [-0.1, -0.05) is 6.07 Å². The first-order valence-corrected chi connectivity index (χ1v) is 7.48. The lowest BCUT2D eigenvalue weighted by molar-refractivity contribution is -0.123. The van der Waals surface area contributed by atoms with E-state index in [1.807, 2.05) is 0 Å². The van der Waals surface area contributed by atoms with Crippen LogP contribution >= 0.6 is 0 Å². The molecule has 0 radical (unpaired) electrons. The van der Waals surface area contributed by atoms with E-state index in [2.05, 4.69) is 10.6 Å². The summed E-state index contributed by atoms with van der Waals surface area (Å²) in [6.07, 6.45) is 2.99. The van der Waals surface area contributed by atoms with Gasteiger partial charge in [0.1, 0.15) is 11.6 Å². The van der Waals surface area contributed by atoms with Gasteiger partial charge >= 0.3 is 0 Å². The molecule has 1 saturated heterocycles. The van der Waals surface area contributed by atoms with E-state index in [1.54, 1.807) is 6.92 Å². The fourth-order valence-electron chi connectivity index (χ4n) is 3.44. The molecule has 3 rings (SSSR count). The van der Waals surface area contributed by atoms with Gasteiger partial charge < -0.3 is 10.6 Å².